The van der Waals surface area contributed by atoms with Gasteiger partial charge in [0.15, 0.2) is 0 Å². The minimum atomic E-state index is -0.0264. The fraction of sp³-hybridized carbons (Fsp3) is 0.462. The summed E-state index contributed by atoms with van der Waals surface area (Å²) in [6, 6.07) is 8.07. The summed E-state index contributed by atoms with van der Waals surface area (Å²) in [6.07, 6.45) is 0. The van der Waals surface area contributed by atoms with E-state index in [2.05, 4.69) is 5.32 Å². The van der Waals surface area contributed by atoms with Crippen molar-refractivity contribution < 1.29 is 9.90 Å². The van der Waals surface area contributed by atoms with Gasteiger partial charge in [0.25, 0.3) is 0 Å². The van der Waals surface area contributed by atoms with Crippen molar-refractivity contribution in [2.45, 2.75) is 13.5 Å². The Hall–Kier alpha value is -1.39. The summed E-state index contributed by atoms with van der Waals surface area (Å²) in [4.78, 5) is 13.3. The molecule has 0 heterocycles. The summed E-state index contributed by atoms with van der Waals surface area (Å²) < 4.78 is 0. The van der Waals surface area contributed by atoms with E-state index in [1.807, 2.05) is 38.2 Å². The molecule has 0 aromatic heterocycles. The van der Waals surface area contributed by atoms with Crippen LogP contribution in [0.25, 0.3) is 0 Å². The molecular formula is C13H20N2O2. The molecule has 0 bridgehead atoms. The Morgan fingerprint density at radius 1 is 1.35 bits per heavy atom. The van der Waals surface area contributed by atoms with Crippen LogP contribution in [-0.2, 0) is 11.3 Å². The number of hydrogen-bond acceptors (Lipinski definition) is 3. The second-order valence-corrected chi connectivity index (χ2v) is 4.22. The van der Waals surface area contributed by atoms with Gasteiger partial charge < -0.3 is 10.4 Å². The number of hydrogen-bond donors (Lipinski definition) is 2. The van der Waals surface area contributed by atoms with E-state index in [0.29, 0.717) is 19.6 Å². The van der Waals surface area contributed by atoms with Crippen LogP contribution in [-0.4, -0.2) is 42.7 Å². The van der Waals surface area contributed by atoms with Crippen LogP contribution in [0.15, 0.2) is 24.3 Å². The Balaban J connectivity index is 2.30. The number of carbonyl (C=O) groups excluding carboxylic acids is 1. The molecule has 0 radical (unpaired) electrons. The quantitative estimate of drug-likeness (QED) is 0.758. The topological polar surface area (TPSA) is 52.6 Å². The van der Waals surface area contributed by atoms with Crippen LogP contribution >= 0.6 is 0 Å². The number of rotatable bonds is 6. The summed E-state index contributed by atoms with van der Waals surface area (Å²) in [5.41, 5.74) is 2.30. The second-order valence-electron chi connectivity index (χ2n) is 4.22. The van der Waals surface area contributed by atoms with Crippen molar-refractivity contribution in [3.8, 4) is 0 Å². The number of aliphatic hydroxyl groups excluding tert-OH is 1. The van der Waals surface area contributed by atoms with E-state index < -0.39 is 0 Å². The molecule has 1 amide bonds. The molecule has 4 nitrogen and oxygen atoms in total. The number of amides is 1. The van der Waals surface area contributed by atoms with Crippen LogP contribution in [0, 0.1) is 6.92 Å². The van der Waals surface area contributed by atoms with Crippen LogP contribution in [0.2, 0.25) is 0 Å². The number of benzene rings is 1. The zero-order valence-electron chi connectivity index (χ0n) is 10.4. The van der Waals surface area contributed by atoms with Gasteiger partial charge in [-0.1, -0.05) is 29.8 Å². The summed E-state index contributed by atoms with van der Waals surface area (Å²) in [5.74, 6) is -0.0264. The van der Waals surface area contributed by atoms with Gasteiger partial charge in [0.05, 0.1) is 13.2 Å². The zero-order chi connectivity index (χ0) is 12.7. The molecule has 2 N–H and O–H groups in total. The Labute approximate surface area is 102 Å². The highest BCUT2D eigenvalue weighted by Gasteiger charge is 2.05. The summed E-state index contributed by atoms with van der Waals surface area (Å²) >= 11 is 0. The Morgan fingerprint density at radius 3 is 2.59 bits per heavy atom. The van der Waals surface area contributed by atoms with Gasteiger partial charge in [-0.05, 0) is 19.5 Å². The Kier molecular flexibility index (Phi) is 5.66. The Bertz CT molecular complexity index is 349. The number of carbonyl (C=O) groups is 1. The highest BCUT2D eigenvalue weighted by molar-refractivity contribution is 5.77. The van der Waals surface area contributed by atoms with Crippen molar-refractivity contribution in [1.82, 2.24) is 10.2 Å². The second kappa shape index (κ2) is 7.04. The third-order valence-electron chi connectivity index (χ3n) is 2.51. The van der Waals surface area contributed by atoms with Gasteiger partial charge in [0, 0.05) is 13.1 Å². The SMILES string of the molecule is Cc1ccc(CNC(=O)CN(C)CCO)cc1. The lowest BCUT2D eigenvalue weighted by Crippen LogP contribution is -2.36. The van der Waals surface area contributed by atoms with Crippen molar-refractivity contribution in [2.75, 3.05) is 26.7 Å². The average Bonchev–Trinajstić information content (AvgIpc) is 2.28. The number of nitrogens with one attached hydrogen (secondary N) is 1. The Morgan fingerprint density at radius 2 is 2.00 bits per heavy atom. The molecular weight excluding hydrogens is 216 g/mol. The molecule has 0 saturated carbocycles. The molecule has 94 valence electrons. The van der Waals surface area contributed by atoms with E-state index in [-0.39, 0.29) is 12.5 Å². The molecule has 0 atom stereocenters. The van der Waals surface area contributed by atoms with Crippen LogP contribution in [0.4, 0.5) is 0 Å². The molecule has 0 aliphatic carbocycles. The third kappa shape index (κ3) is 5.47. The van der Waals surface area contributed by atoms with Gasteiger partial charge in [-0.25, -0.2) is 0 Å². The van der Waals surface area contributed by atoms with Gasteiger partial charge in [-0.3, -0.25) is 9.69 Å². The van der Waals surface area contributed by atoms with Crippen molar-refractivity contribution >= 4 is 5.91 Å². The number of likely N-dealkylation sites (N-methyl/N-ethyl adjacent to an activating group) is 1. The first kappa shape index (κ1) is 13.7. The van der Waals surface area contributed by atoms with Gasteiger partial charge in [-0.2, -0.15) is 0 Å². The third-order valence-corrected chi connectivity index (χ3v) is 2.51. The first-order valence-corrected chi connectivity index (χ1v) is 5.73. The normalized spacial score (nSPS) is 10.6. The lowest BCUT2D eigenvalue weighted by Gasteiger charge is -2.14. The van der Waals surface area contributed by atoms with Crippen molar-refractivity contribution in [3.05, 3.63) is 35.4 Å². The molecule has 0 aliphatic rings. The van der Waals surface area contributed by atoms with Crippen molar-refractivity contribution in [3.63, 3.8) is 0 Å². The average molecular weight is 236 g/mol. The maximum Gasteiger partial charge on any atom is 0.234 e. The smallest absolute Gasteiger partial charge is 0.234 e. The highest BCUT2D eigenvalue weighted by Crippen LogP contribution is 2.02. The number of nitrogens with zero attached hydrogens (tertiary/aromatic N) is 1. The van der Waals surface area contributed by atoms with E-state index in [0.717, 1.165) is 5.56 Å². The minimum absolute atomic E-state index is 0.0264. The van der Waals surface area contributed by atoms with Crippen LogP contribution in [0.5, 0.6) is 0 Å². The van der Waals surface area contributed by atoms with E-state index in [9.17, 15) is 4.79 Å². The molecule has 1 rings (SSSR count). The summed E-state index contributed by atoms with van der Waals surface area (Å²) in [7, 11) is 1.81. The number of aryl methyl sites for hydroxylation is 1. The van der Waals surface area contributed by atoms with E-state index in [1.165, 1.54) is 5.56 Å². The molecule has 0 fully saturated rings. The van der Waals surface area contributed by atoms with E-state index in [1.54, 1.807) is 4.90 Å². The lowest BCUT2D eigenvalue weighted by molar-refractivity contribution is -0.122. The first-order valence-electron chi connectivity index (χ1n) is 5.73. The van der Waals surface area contributed by atoms with Crippen LogP contribution in [0.3, 0.4) is 0 Å². The lowest BCUT2D eigenvalue weighted by atomic mass is 10.1. The van der Waals surface area contributed by atoms with Crippen molar-refractivity contribution in [2.24, 2.45) is 0 Å². The zero-order valence-corrected chi connectivity index (χ0v) is 10.4. The maximum absolute atomic E-state index is 11.5. The molecule has 1 aromatic rings. The largest absolute Gasteiger partial charge is 0.395 e. The predicted molar refractivity (Wildman–Crippen MR) is 67.6 cm³/mol. The molecule has 0 aliphatic heterocycles. The maximum atomic E-state index is 11.5. The fourth-order valence-electron chi connectivity index (χ4n) is 1.46. The molecule has 4 heteroatoms. The standard InChI is InChI=1S/C13H20N2O2/c1-11-3-5-12(6-4-11)9-14-13(17)10-15(2)7-8-16/h3-6,16H,7-10H2,1-2H3,(H,14,17). The van der Waals surface area contributed by atoms with E-state index in [4.69, 9.17) is 5.11 Å². The van der Waals surface area contributed by atoms with Crippen LogP contribution in [0.1, 0.15) is 11.1 Å². The highest BCUT2D eigenvalue weighted by atomic mass is 16.3. The van der Waals surface area contributed by atoms with E-state index >= 15 is 0 Å². The fourth-order valence-corrected chi connectivity index (χ4v) is 1.46. The van der Waals surface area contributed by atoms with Crippen LogP contribution < -0.4 is 5.32 Å². The van der Waals surface area contributed by atoms with Crippen molar-refractivity contribution in [1.29, 1.82) is 0 Å². The van der Waals surface area contributed by atoms with Gasteiger partial charge in [-0.15, -0.1) is 0 Å². The summed E-state index contributed by atoms with van der Waals surface area (Å²) in [5, 5.41) is 11.6. The molecule has 0 spiro atoms. The van der Waals surface area contributed by atoms with Gasteiger partial charge in [0.2, 0.25) is 5.91 Å². The van der Waals surface area contributed by atoms with Gasteiger partial charge >= 0.3 is 0 Å². The monoisotopic (exact) mass is 236 g/mol. The predicted octanol–water partition coefficient (Wildman–Crippen LogP) is 0.535. The molecule has 0 saturated heterocycles. The molecule has 17 heavy (non-hydrogen) atoms. The summed E-state index contributed by atoms with van der Waals surface area (Å²) in [6.45, 7) is 3.48. The first-order chi connectivity index (χ1) is 8.11. The molecule has 1 aromatic carbocycles. The van der Waals surface area contributed by atoms with Gasteiger partial charge in [0.1, 0.15) is 0 Å². The molecule has 0 unspecified atom stereocenters. The minimum Gasteiger partial charge on any atom is -0.395 e. The number of aliphatic hydroxyl groups is 1.